The zero-order valence-corrected chi connectivity index (χ0v) is 12.4. The molecule has 0 aliphatic carbocycles. The van der Waals surface area contributed by atoms with Crippen molar-refractivity contribution in [2.24, 2.45) is 0 Å². The topological polar surface area (TPSA) is 104 Å². The standard InChI is InChI=1S/C13H15N3O4S/c1-3-19-12-11(14)13(16-8-15-12)20-9-5-4-6-10(7-9)21(2,17)18/h4-8H,3,14H2,1-2H3. The summed E-state index contributed by atoms with van der Waals surface area (Å²) in [5, 5.41) is 0. The van der Waals surface area contributed by atoms with Crippen molar-refractivity contribution < 1.29 is 17.9 Å². The summed E-state index contributed by atoms with van der Waals surface area (Å²) in [7, 11) is -3.31. The average Bonchev–Trinajstić information content (AvgIpc) is 2.43. The maximum atomic E-state index is 11.5. The van der Waals surface area contributed by atoms with Gasteiger partial charge in [0.2, 0.25) is 11.8 Å². The molecule has 112 valence electrons. The van der Waals surface area contributed by atoms with Gasteiger partial charge in [-0.1, -0.05) is 6.07 Å². The van der Waals surface area contributed by atoms with E-state index in [9.17, 15) is 8.42 Å². The second-order valence-electron chi connectivity index (χ2n) is 4.18. The van der Waals surface area contributed by atoms with E-state index in [4.69, 9.17) is 15.2 Å². The zero-order chi connectivity index (χ0) is 15.5. The minimum Gasteiger partial charge on any atom is -0.476 e. The molecule has 2 N–H and O–H groups in total. The Morgan fingerprint density at radius 2 is 1.95 bits per heavy atom. The van der Waals surface area contributed by atoms with Crippen molar-refractivity contribution in [1.82, 2.24) is 9.97 Å². The van der Waals surface area contributed by atoms with E-state index in [-0.39, 0.29) is 22.3 Å². The number of aromatic nitrogens is 2. The van der Waals surface area contributed by atoms with Crippen LogP contribution in [0.5, 0.6) is 17.5 Å². The number of hydrogen-bond acceptors (Lipinski definition) is 7. The molecule has 0 saturated carbocycles. The van der Waals surface area contributed by atoms with Crippen molar-refractivity contribution in [2.45, 2.75) is 11.8 Å². The van der Waals surface area contributed by atoms with Crippen molar-refractivity contribution in [1.29, 1.82) is 0 Å². The van der Waals surface area contributed by atoms with E-state index in [1.807, 2.05) is 0 Å². The molecule has 1 aromatic heterocycles. The highest BCUT2D eigenvalue weighted by molar-refractivity contribution is 7.90. The fourth-order valence-corrected chi connectivity index (χ4v) is 2.23. The Labute approximate surface area is 122 Å². The van der Waals surface area contributed by atoms with Gasteiger partial charge >= 0.3 is 0 Å². The molecule has 8 heteroatoms. The van der Waals surface area contributed by atoms with Gasteiger partial charge in [-0.2, -0.15) is 9.97 Å². The average molecular weight is 309 g/mol. The molecular formula is C13H15N3O4S. The van der Waals surface area contributed by atoms with Crippen LogP contribution in [-0.4, -0.2) is 31.2 Å². The molecule has 0 fully saturated rings. The third-order valence-corrected chi connectivity index (χ3v) is 3.65. The van der Waals surface area contributed by atoms with Crippen LogP contribution in [0.25, 0.3) is 0 Å². The van der Waals surface area contributed by atoms with Crippen LogP contribution in [0, 0.1) is 0 Å². The van der Waals surface area contributed by atoms with Crippen LogP contribution in [0.1, 0.15) is 6.92 Å². The Bertz CT molecular complexity index is 747. The predicted molar refractivity (Wildman–Crippen MR) is 77.2 cm³/mol. The van der Waals surface area contributed by atoms with E-state index in [1.54, 1.807) is 19.1 Å². The highest BCUT2D eigenvalue weighted by atomic mass is 32.2. The van der Waals surface area contributed by atoms with Gasteiger partial charge in [0.25, 0.3) is 0 Å². The Morgan fingerprint density at radius 3 is 2.62 bits per heavy atom. The predicted octanol–water partition coefficient (Wildman–Crippen LogP) is 1.65. The number of nitrogens with two attached hydrogens (primary N) is 1. The molecule has 0 atom stereocenters. The summed E-state index contributed by atoms with van der Waals surface area (Å²) in [5.41, 5.74) is 6.00. The second-order valence-corrected chi connectivity index (χ2v) is 6.20. The monoisotopic (exact) mass is 309 g/mol. The first-order valence-corrected chi connectivity index (χ1v) is 8.02. The van der Waals surface area contributed by atoms with E-state index in [0.29, 0.717) is 12.4 Å². The van der Waals surface area contributed by atoms with Gasteiger partial charge in [-0.15, -0.1) is 0 Å². The first-order chi connectivity index (χ1) is 9.91. The van der Waals surface area contributed by atoms with Gasteiger partial charge in [0.1, 0.15) is 12.1 Å². The van der Waals surface area contributed by atoms with Gasteiger partial charge in [-0.25, -0.2) is 8.42 Å². The number of nitrogen functional groups attached to an aromatic ring is 1. The summed E-state index contributed by atoms with van der Waals surface area (Å²) in [6, 6.07) is 6.07. The SMILES string of the molecule is CCOc1ncnc(Oc2cccc(S(C)(=O)=O)c2)c1N. The van der Waals surface area contributed by atoms with Crippen LogP contribution in [0.3, 0.4) is 0 Å². The lowest BCUT2D eigenvalue weighted by Crippen LogP contribution is -2.03. The third kappa shape index (κ3) is 3.60. The summed E-state index contributed by atoms with van der Waals surface area (Å²) < 4.78 is 33.8. The Morgan fingerprint density at radius 1 is 1.24 bits per heavy atom. The van der Waals surface area contributed by atoms with Gasteiger partial charge in [-0.3, -0.25) is 0 Å². The molecular weight excluding hydrogens is 294 g/mol. The molecule has 0 aliphatic rings. The summed E-state index contributed by atoms with van der Waals surface area (Å²) in [4.78, 5) is 7.96. The van der Waals surface area contributed by atoms with E-state index in [1.165, 1.54) is 18.5 Å². The van der Waals surface area contributed by atoms with Crippen LogP contribution in [0.15, 0.2) is 35.5 Å². The van der Waals surface area contributed by atoms with Crippen molar-refractivity contribution in [3.63, 3.8) is 0 Å². The van der Waals surface area contributed by atoms with Crippen LogP contribution < -0.4 is 15.2 Å². The number of hydrogen-bond donors (Lipinski definition) is 1. The van der Waals surface area contributed by atoms with Crippen molar-refractivity contribution in [2.75, 3.05) is 18.6 Å². The first-order valence-electron chi connectivity index (χ1n) is 6.13. The molecule has 1 aromatic carbocycles. The van der Waals surface area contributed by atoms with Crippen molar-refractivity contribution >= 4 is 15.5 Å². The Kier molecular flexibility index (Phi) is 4.27. The zero-order valence-electron chi connectivity index (χ0n) is 11.6. The maximum absolute atomic E-state index is 11.5. The van der Waals surface area contributed by atoms with Gasteiger partial charge in [0, 0.05) is 6.26 Å². The lowest BCUT2D eigenvalue weighted by molar-refractivity contribution is 0.325. The number of ether oxygens (including phenoxy) is 2. The smallest absolute Gasteiger partial charge is 0.249 e. The normalized spacial score (nSPS) is 11.1. The van der Waals surface area contributed by atoms with E-state index >= 15 is 0 Å². The third-order valence-electron chi connectivity index (χ3n) is 2.54. The molecule has 21 heavy (non-hydrogen) atoms. The Balaban J connectivity index is 2.33. The molecule has 2 aromatic rings. The van der Waals surface area contributed by atoms with Gasteiger partial charge in [0.05, 0.1) is 11.5 Å². The van der Waals surface area contributed by atoms with Crippen molar-refractivity contribution in [3.05, 3.63) is 30.6 Å². The number of rotatable bonds is 5. The summed E-state index contributed by atoms with van der Waals surface area (Å²) >= 11 is 0. The quantitative estimate of drug-likeness (QED) is 0.895. The highest BCUT2D eigenvalue weighted by Crippen LogP contribution is 2.31. The molecule has 0 radical (unpaired) electrons. The fourth-order valence-electron chi connectivity index (χ4n) is 1.58. The highest BCUT2D eigenvalue weighted by Gasteiger charge is 2.13. The maximum Gasteiger partial charge on any atom is 0.249 e. The van der Waals surface area contributed by atoms with Crippen molar-refractivity contribution in [3.8, 4) is 17.5 Å². The minimum absolute atomic E-state index is 0.110. The minimum atomic E-state index is -3.31. The van der Waals surface area contributed by atoms with Gasteiger partial charge in [-0.05, 0) is 25.1 Å². The number of nitrogens with zero attached hydrogens (tertiary/aromatic N) is 2. The molecule has 0 spiro atoms. The largest absolute Gasteiger partial charge is 0.476 e. The molecule has 0 amide bonds. The molecule has 7 nitrogen and oxygen atoms in total. The van der Waals surface area contributed by atoms with Crippen LogP contribution in [0.4, 0.5) is 5.69 Å². The molecule has 0 aliphatic heterocycles. The van der Waals surface area contributed by atoms with E-state index in [0.717, 1.165) is 6.26 Å². The second kappa shape index (κ2) is 5.96. The molecule has 0 bridgehead atoms. The Hall–Kier alpha value is -2.35. The van der Waals surface area contributed by atoms with Crippen LogP contribution in [-0.2, 0) is 9.84 Å². The number of sulfone groups is 1. The molecule has 0 saturated heterocycles. The van der Waals surface area contributed by atoms with E-state index < -0.39 is 9.84 Å². The fraction of sp³-hybridized carbons (Fsp3) is 0.231. The number of anilines is 1. The van der Waals surface area contributed by atoms with Gasteiger partial charge < -0.3 is 15.2 Å². The summed E-state index contributed by atoms with van der Waals surface area (Å²) in [6.45, 7) is 2.21. The molecule has 1 heterocycles. The molecule has 2 rings (SSSR count). The molecule has 0 unspecified atom stereocenters. The number of benzene rings is 1. The summed E-state index contributed by atoms with van der Waals surface area (Å²) in [6.07, 6.45) is 2.38. The lowest BCUT2D eigenvalue weighted by Gasteiger charge is -2.10. The summed E-state index contributed by atoms with van der Waals surface area (Å²) in [5.74, 6) is 0.645. The van der Waals surface area contributed by atoms with Crippen LogP contribution >= 0.6 is 0 Å². The van der Waals surface area contributed by atoms with E-state index in [2.05, 4.69) is 9.97 Å². The van der Waals surface area contributed by atoms with Gasteiger partial charge in [0.15, 0.2) is 15.5 Å². The lowest BCUT2D eigenvalue weighted by atomic mass is 10.3. The van der Waals surface area contributed by atoms with Crippen LogP contribution in [0.2, 0.25) is 0 Å². The first kappa shape index (κ1) is 15.0.